The lowest BCUT2D eigenvalue weighted by atomic mass is 10.1. The number of fused-ring (bicyclic) bond motifs is 1. The second kappa shape index (κ2) is 5.36. The smallest absolute Gasteiger partial charge is 0.178 e. The van der Waals surface area contributed by atoms with Crippen LogP contribution in [0.5, 0.6) is 0 Å². The van der Waals surface area contributed by atoms with Crippen molar-refractivity contribution < 1.29 is 0 Å². The molecule has 0 saturated heterocycles. The highest BCUT2D eigenvalue weighted by Gasteiger charge is 2.12. The van der Waals surface area contributed by atoms with Gasteiger partial charge in [-0.25, -0.2) is 0 Å². The third kappa shape index (κ3) is 2.19. The maximum absolute atomic E-state index is 9.10. The van der Waals surface area contributed by atoms with Gasteiger partial charge in [-0.15, -0.1) is 0 Å². The number of H-pyrrole nitrogens is 1. The van der Waals surface area contributed by atoms with Crippen LogP contribution in [0.3, 0.4) is 0 Å². The Kier molecular flexibility index (Phi) is 3.83. The molecule has 0 amide bonds. The molecule has 0 bridgehead atoms. The molecule has 2 aromatic rings. The van der Waals surface area contributed by atoms with Gasteiger partial charge in [0.15, 0.2) is 4.77 Å². The van der Waals surface area contributed by atoms with Gasteiger partial charge in [-0.2, -0.15) is 5.26 Å². The van der Waals surface area contributed by atoms with E-state index in [9.17, 15) is 0 Å². The number of para-hydroxylation sites is 1. The molecule has 94 valence electrons. The molecule has 0 fully saturated rings. The lowest BCUT2D eigenvalue weighted by Crippen LogP contribution is -2.04. The molecule has 1 unspecified atom stereocenters. The Bertz CT molecular complexity index is 645. The Morgan fingerprint density at radius 3 is 2.94 bits per heavy atom. The summed E-state index contributed by atoms with van der Waals surface area (Å²) in [7, 11) is 0. The monoisotopic (exact) mass is 259 g/mol. The van der Waals surface area contributed by atoms with E-state index in [0.717, 1.165) is 17.5 Å². The zero-order chi connectivity index (χ0) is 13.1. The molecule has 1 atom stereocenters. The van der Waals surface area contributed by atoms with Crippen LogP contribution in [-0.4, -0.2) is 9.55 Å². The number of aromatic nitrogens is 2. The summed E-state index contributed by atoms with van der Waals surface area (Å²) in [5.41, 5.74) is 2.54. The highest BCUT2D eigenvalue weighted by atomic mass is 32.1. The third-order valence-electron chi connectivity index (χ3n) is 3.29. The Morgan fingerprint density at radius 2 is 2.28 bits per heavy atom. The summed E-state index contributed by atoms with van der Waals surface area (Å²) in [5.74, 6) is 0. The van der Waals surface area contributed by atoms with Crippen LogP contribution in [0.1, 0.15) is 44.7 Å². The van der Waals surface area contributed by atoms with Crippen molar-refractivity contribution in [2.45, 2.75) is 39.2 Å². The SMILES string of the molecule is CCCCC(C)n1c(=S)[nH]c2c(C#N)cccc21. The molecule has 1 aromatic carbocycles. The van der Waals surface area contributed by atoms with Crippen LogP contribution < -0.4 is 0 Å². The number of nitriles is 1. The van der Waals surface area contributed by atoms with Crippen LogP contribution >= 0.6 is 12.2 Å². The number of nitrogens with zero attached hydrogens (tertiary/aromatic N) is 2. The maximum atomic E-state index is 9.10. The minimum absolute atomic E-state index is 0.361. The van der Waals surface area contributed by atoms with E-state index in [0.29, 0.717) is 16.4 Å². The zero-order valence-electron chi connectivity index (χ0n) is 10.7. The van der Waals surface area contributed by atoms with E-state index in [1.165, 1.54) is 12.8 Å². The molecule has 0 aliphatic rings. The Morgan fingerprint density at radius 1 is 1.50 bits per heavy atom. The molecular formula is C14H17N3S. The van der Waals surface area contributed by atoms with E-state index in [1.54, 1.807) is 0 Å². The molecule has 3 nitrogen and oxygen atoms in total. The third-order valence-corrected chi connectivity index (χ3v) is 3.59. The van der Waals surface area contributed by atoms with Crippen molar-refractivity contribution in [1.29, 1.82) is 5.26 Å². The van der Waals surface area contributed by atoms with Crippen molar-refractivity contribution >= 4 is 23.3 Å². The summed E-state index contributed by atoms with van der Waals surface area (Å²) >= 11 is 5.39. The standard InChI is InChI=1S/C14H17N3S/c1-3-4-6-10(2)17-12-8-5-7-11(9-15)13(12)16-14(17)18/h5,7-8,10H,3-4,6H2,1-2H3,(H,16,18). The lowest BCUT2D eigenvalue weighted by Gasteiger charge is -2.14. The maximum Gasteiger partial charge on any atom is 0.178 e. The van der Waals surface area contributed by atoms with Crippen molar-refractivity contribution in [3.8, 4) is 6.07 Å². The molecule has 0 aliphatic heterocycles. The first kappa shape index (κ1) is 12.8. The van der Waals surface area contributed by atoms with Crippen LogP contribution in [0.2, 0.25) is 0 Å². The summed E-state index contributed by atoms with van der Waals surface area (Å²) in [6.07, 6.45) is 3.48. The van der Waals surface area contributed by atoms with Crippen molar-refractivity contribution in [2.75, 3.05) is 0 Å². The van der Waals surface area contributed by atoms with Crippen molar-refractivity contribution in [3.63, 3.8) is 0 Å². The van der Waals surface area contributed by atoms with Crippen LogP contribution in [0.25, 0.3) is 11.0 Å². The molecule has 0 radical (unpaired) electrons. The molecular weight excluding hydrogens is 242 g/mol. The Balaban J connectivity index is 2.55. The number of aromatic amines is 1. The first-order chi connectivity index (χ1) is 8.69. The van der Waals surface area contributed by atoms with Crippen LogP contribution in [0.15, 0.2) is 18.2 Å². The number of rotatable bonds is 4. The summed E-state index contributed by atoms with van der Waals surface area (Å²) < 4.78 is 2.83. The van der Waals surface area contributed by atoms with Gasteiger partial charge in [-0.05, 0) is 37.7 Å². The highest BCUT2D eigenvalue weighted by molar-refractivity contribution is 7.71. The number of unbranched alkanes of at least 4 members (excludes halogenated alkanes) is 1. The van der Waals surface area contributed by atoms with Gasteiger partial charge in [0.25, 0.3) is 0 Å². The van der Waals surface area contributed by atoms with Gasteiger partial charge in [-0.1, -0.05) is 25.8 Å². The second-order valence-electron chi connectivity index (χ2n) is 4.60. The molecule has 0 spiro atoms. The number of hydrogen-bond acceptors (Lipinski definition) is 2. The summed E-state index contributed by atoms with van der Waals surface area (Å²) in [5, 5.41) is 9.10. The van der Waals surface area contributed by atoms with E-state index in [1.807, 2.05) is 18.2 Å². The van der Waals surface area contributed by atoms with E-state index in [2.05, 4.69) is 29.5 Å². The van der Waals surface area contributed by atoms with E-state index in [-0.39, 0.29) is 0 Å². The van der Waals surface area contributed by atoms with Gasteiger partial charge in [0.05, 0.1) is 16.6 Å². The average Bonchev–Trinajstić information content (AvgIpc) is 2.71. The lowest BCUT2D eigenvalue weighted by molar-refractivity contribution is 0.491. The number of nitrogens with one attached hydrogen (secondary N) is 1. The van der Waals surface area contributed by atoms with Gasteiger partial charge in [0.2, 0.25) is 0 Å². The van der Waals surface area contributed by atoms with Crippen molar-refractivity contribution in [3.05, 3.63) is 28.5 Å². The molecule has 0 saturated carbocycles. The molecule has 1 aromatic heterocycles. The quantitative estimate of drug-likeness (QED) is 0.831. The fourth-order valence-electron chi connectivity index (χ4n) is 2.31. The number of benzene rings is 1. The summed E-state index contributed by atoms with van der Waals surface area (Å²) in [6.45, 7) is 4.37. The zero-order valence-corrected chi connectivity index (χ0v) is 11.5. The van der Waals surface area contributed by atoms with Gasteiger partial charge in [0, 0.05) is 6.04 Å². The largest absolute Gasteiger partial charge is 0.329 e. The summed E-state index contributed by atoms with van der Waals surface area (Å²) in [4.78, 5) is 3.16. The fourth-order valence-corrected chi connectivity index (χ4v) is 2.69. The van der Waals surface area contributed by atoms with Crippen LogP contribution in [0, 0.1) is 16.1 Å². The second-order valence-corrected chi connectivity index (χ2v) is 4.99. The predicted molar refractivity (Wildman–Crippen MR) is 76.1 cm³/mol. The molecule has 18 heavy (non-hydrogen) atoms. The molecule has 0 aliphatic carbocycles. The first-order valence-corrected chi connectivity index (χ1v) is 6.73. The Labute approximate surface area is 112 Å². The minimum atomic E-state index is 0.361. The van der Waals surface area contributed by atoms with Gasteiger partial charge in [0.1, 0.15) is 6.07 Å². The van der Waals surface area contributed by atoms with Crippen LogP contribution in [0.4, 0.5) is 0 Å². The topological polar surface area (TPSA) is 44.5 Å². The summed E-state index contributed by atoms with van der Waals surface area (Å²) in [6, 6.07) is 8.31. The van der Waals surface area contributed by atoms with Crippen molar-refractivity contribution in [2.24, 2.45) is 0 Å². The molecule has 1 N–H and O–H groups in total. The number of imidazole rings is 1. The highest BCUT2D eigenvalue weighted by Crippen LogP contribution is 2.24. The van der Waals surface area contributed by atoms with Crippen LogP contribution in [-0.2, 0) is 0 Å². The molecule has 2 rings (SSSR count). The first-order valence-electron chi connectivity index (χ1n) is 6.32. The normalized spacial score (nSPS) is 12.5. The number of hydrogen-bond donors (Lipinski definition) is 1. The van der Waals surface area contributed by atoms with Gasteiger partial charge in [-0.3, -0.25) is 0 Å². The van der Waals surface area contributed by atoms with E-state index in [4.69, 9.17) is 17.5 Å². The van der Waals surface area contributed by atoms with Gasteiger partial charge >= 0.3 is 0 Å². The minimum Gasteiger partial charge on any atom is -0.329 e. The fraction of sp³-hybridized carbons (Fsp3) is 0.429. The molecule has 1 heterocycles. The van der Waals surface area contributed by atoms with E-state index >= 15 is 0 Å². The van der Waals surface area contributed by atoms with Crippen molar-refractivity contribution in [1.82, 2.24) is 9.55 Å². The Hall–Kier alpha value is -1.60. The van der Waals surface area contributed by atoms with Gasteiger partial charge < -0.3 is 9.55 Å². The predicted octanol–water partition coefficient (Wildman–Crippen LogP) is 4.32. The van der Waals surface area contributed by atoms with E-state index < -0.39 is 0 Å². The molecule has 4 heteroatoms. The average molecular weight is 259 g/mol.